The molecule has 1 fully saturated rings. The zero-order valence-corrected chi connectivity index (χ0v) is 18.8. The second-order valence-electron chi connectivity index (χ2n) is 7.79. The van der Waals surface area contributed by atoms with E-state index >= 15 is 0 Å². The summed E-state index contributed by atoms with van der Waals surface area (Å²) in [4.78, 5) is 27.7. The summed E-state index contributed by atoms with van der Waals surface area (Å²) in [6.45, 7) is 2.50. The number of aliphatic hydroxyl groups is 1. The molecule has 1 unspecified atom stereocenters. The van der Waals surface area contributed by atoms with Gasteiger partial charge in [-0.1, -0.05) is 24.3 Å². The number of halogens is 1. The molecular weight excluding hydrogens is 437 g/mol. The lowest BCUT2D eigenvalue weighted by molar-refractivity contribution is -0.140. The molecule has 34 heavy (non-hydrogen) atoms. The van der Waals surface area contributed by atoms with Crippen LogP contribution in [0, 0.1) is 5.82 Å². The molecule has 0 aliphatic carbocycles. The van der Waals surface area contributed by atoms with E-state index in [1.165, 1.54) is 29.2 Å². The van der Waals surface area contributed by atoms with Crippen molar-refractivity contribution in [2.24, 2.45) is 0 Å². The molecule has 1 amide bonds. The quantitative estimate of drug-likeness (QED) is 0.309. The van der Waals surface area contributed by atoms with Crippen molar-refractivity contribution in [2.75, 3.05) is 13.7 Å². The largest absolute Gasteiger partial charge is 0.507 e. The first-order chi connectivity index (χ1) is 16.4. The normalized spacial score (nSPS) is 17.1. The average Bonchev–Trinajstić information content (AvgIpc) is 3.09. The van der Waals surface area contributed by atoms with Crippen molar-refractivity contribution in [1.29, 1.82) is 0 Å². The van der Waals surface area contributed by atoms with E-state index < -0.39 is 23.5 Å². The van der Waals surface area contributed by atoms with E-state index in [0.29, 0.717) is 23.7 Å². The number of Topliss-reactive ketones (excluding diaryl/α,β-unsaturated/α-hetero) is 1. The van der Waals surface area contributed by atoms with Gasteiger partial charge in [0.2, 0.25) is 0 Å². The van der Waals surface area contributed by atoms with Gasteiger partial charge in [-0.3, -0.25) is 9.59 Å². The maximum Gasteiger partial charge on any atom is 0.295 e. The highest BCUT2D eigenvalue weighted by Gasteiger charge is 2.46. The number of ether oxygens (including phenoxy) is 2. The number of rotatable bonds is 7. The predicted molar refractivity (Wildman–Crippen MR) is 125 cm³/mol. The number of amides is 1. The molecule has 3 aromatic carbocycles. The Labute approximate surface area is 196 Å². The second-order valence-corrected chi connectivity index (χ2v) is 7.79. The zero-order valence-electron chi connectivity index (χ0n) is 18.8. The second kappa shape index (κ2) is 9.79. The minimum atomic E-state index is -0.841. The van der Waals surface area contributed by atoms with Crippen molar-refractivity contribution >= 4 is 17.4 Å². The number of carbonyl (C=O) groups is 2. The zero-order chi connectivity index (χ0) is 24.2. The van der Waals surface area contributed by atoms with Crippen LogP contribution in [0.4, 0.5) is 4.39 Å². The van der Waals surface area contributed by atoms with Crippen LogP contribution in [-0.4, -0.2) is 35.4 Å². The molecule has 4 rings (SSSR count). The Morgan fingerprint density at radius 2 is 1.71 bits per heavy atom. The molecule has 1 saturated heterocycles. The maximum absolute atomic E-state index is 13.4. The summed E-state index contributed by atoms with van der Waals surface area (Å²) >= 11 is 0. The Bertz CT molecular complexity index is 1230. The van der Waals surface area contributed by atoms with Crippen molar-refractivity contribution in [3.63, 3.8) is 0 Å². The molecule has 1 aliphatic rings. The van der Waals surface area contributed by atoms with Crippen LogP contribution < -0.4 is 9.47 Å². The van der Waals surface area contributed by atoms with E-state index in [9.17, 15) is 19.1 Å². The lowest BCUT2D eigenvalue weighted by Gasteiger charge is -2.25. The molecule has 0 aromatic heterocycles. The average molecular weight is 461 g/mol. The number of likely N-dealkylation sites (tertiary alicyclic amines) is 1. The van der Waals surface area contributed by atoms with Crippen LogP contribution >= 0.6 is 0 Å². The number of carbonyl (C=O) groups excluding carboxylic acids is 2. The fraction of sp³-hybridized carbons (Fsp3) is 0.185. The van der Waals surface area contributed by atoms with E-state index in [4.69, 9.17) is 9.47 Å². The van der Waals surface area contributed by atoms with E-state index in [0.717, 1.165) is 5.56 Å². The van der Waals surface area contributed by atoms with Crippen molar-refractivity contribution < 1.29 is 28.6 Å². The molecule has 0 bridgehead atoms. The minimum absolute atomic E-state index is 0.0530. The van der Waals surface area contributed by atoms with Crippen LogP contribution in [0.5, 0.6) is 11.5 Å². The molecule has 1 atom stereocenters. The van der Waals surface area contributed by atoms with Gasteiger partial charge >= 0.3 is 0 Å². The highest BCUT2D eigenvalue weighted by Crippen LogP contribution is 2.40. The third-order valence-corrected chi connectivity index (χ3v) is 5.65. The summed E-state index contributed by atoms with van der Waals surface area (Å²) in [7, 11) is 1.54. The number of ketones is 1. The number of hydrogen-bond donors (Lipinski definition) is 1. The summed E-state index contributed by atoms with van der Waals surface area (Å²) in [5.74, 6) is -1.09. The van der Waals surface area contributed by atoms with Gasteiger partial charge in [-0.05, 0) is 66.6 Å². The van der Waals surface area contributed by atoms with Gasteiger partial charge in [-0.15, -0.1) is 0 Å². The monoisotopic (exact) mass is 461 g/mol. The Morgan fingerprint density at radius 3 is 2.35 bits per heavy atom. The molecule has 1 aliphatic heterocycles. The number of benzene rings is 3. The van der Waals surface area contributed by atoms with Crippen LogP contribution in [0.25, 0.3) is 5.76 Å². The fourth-order valence-electron chi connectivity index (χ4n) is 4.04. The molecule has 1 N–H and O–H groups in total. The van der Waals surface area contributed by atoms with Crippen molar-refractivity contribution in [2.45, 2.75) is 19.5 Å². The van der Waals surface area contributed by atoms with Crippen LogP contribution in [0.3, 0.4) is 0 Å². The molecule has 7 heteroatoms. The van der Waals surface area contributed by atoms with Gasteiger partial charge in [-0.2, -0.15) is 0 Å². The standard InChI is InChI=1S/C27H24FNO5/c1-3-34-22-6-4-5-17(15-22)16-29-24(18-9-13-21(33-2)14-10-18)23(26(31)27(29)32)25(30)19-7-11-20(28)12-8-19/h4-15,24,30H,3,16H2,1-2H3/b25-23-. The van der Waals surface area contributed by atoms with E-state index in [1.807, 2.05) is 31.2 Å². The first kappa shape index (κ1) is 23.0. The summed E-state index contributed by atoms with van der Waals surface area (Å²) in [5, 5.41) is 11.0. The van der Waals surface area contributed by atoms with Gasteiger partial charge in [-0.25, -0.2) is 4.39 Å². The van der Waals surface area contributed by atoms with Crippen LogP contribution in [-0.2, 0) is 16.1 Å². The highest BCUT2D eigenvalue weighted by molar-refractivity contribution is 6.46. The fourth-order valence-corrected chi connectivity index (χ4v) is 4.04. The van der Waals surface area contributed by atoms with Crippen LogP contribution in [0.15, 0.2) is 78.4 Å². The van der Waals surface area contributed by atoms with Crippen LogP contribution in [0.1, 0.15) is 29.7 Å². The number of nitrogens with zero attached hydrogens (tertiary/aromatic N) is 1. The third-order valence-electron chi connectivity index (χ3n) is 5.65. The Morgan fingerprint density at radius 1 is 1.00 bits per heavy atom. The summed E-state index contributed by atoms with van der Waals surface area (Å²) in [6.07, 6.45) is 0. The van der Waals surface area contributed by atoms with Gasteiger partial charge < -0.3 is 19.5 Å². The van der Waals surface area contributed by atoms with Gasteiger partial charge in [0, 0.05) is 12.1 Å². The number of methoxy groups -OCH3 is 1. The summed E-state index contributed by atoms with van der Waals surface area (Å²) in [5.41, 5.74) is 1.59. The maximum atomic E-state index is 13.4. The van der Waals surface area contributed by atoms with Crippen molar-refractivity contribution in [1.82, 2.24) is 4.90 Å². The predicted octanol–water partition coefficient (Wildman–Crippen LogP) is 4.85. The van der Waals surface area contributed by atoms with Crippen molar-refractivity contribution in [3.05, 3.63) is 101 Å². The summed E-state index contributed by atoms with van der Waals surface area (Å²) < 4.78 is 24.2. The Kier molecular flexibility index (Phi) is 6.63. The molecule has 0 radical (unpaired) electrons. The smallest absolute Gasteiger partial charge is 0.295 e. The lowest BCUT2D eigenvalue weighted by Crippen LogP contribution is -2.29. The topological polar surface area (TPSA) is 76.1 Å². The SMILES string of the molecule is CCOc1cccc(CN2C(=O)C(=O)/C(=C(\O)c3ccc(F)cc3)C2c2ccc(OC)cc2)c1. The molecular formula is C27H24FNO5. The Hall–Kier alpha value is -4.13. The van der Waals surface area contributed by atoms with Crippen LogP contribution in [0.2, 0.25) is 0 Å². The van der Waals surface area contributed by atoms with E-state index in [1.54, 1.807) is 31.4 Å². The molecule has 3 aromatic rings. The van der Waals surface area contributed by atoms with Gasteiger partial charge in [0.1, 0.15) is 23.1 Å². The first-order valence-electron chi connectivity index (χ1n) is 10.8. The van der Waals surface area contributed by atoms with Gasteiger partial charge in [0.05, 0.1) is 25.3 Å². The number of hydrogen-bond acceptors (Lipinski definition) is 5. The minimum Gasteiger partial charge on any atom is -0.507 e. The lowest BCUT2D eigenvalue weighted by atomic mass is 9.95. The molecule has 0 saturated carbocycles. The molecule has 174 valence electrons. The molecule has 6 nitrogen and oxygen atoms in total. The number of aliphatic hydroxyl groups excluding tert-OH is 1. The van der Waals surface area contributed by atoms with Crippen molar-refractivity contribution in [3.8, 4) is 11.5 Å². The third kappa shape index (κ3) is 4.50. The van der Waals surface area contributed by atoms with Gasteiger partial charge in [0.15, 0.2) is 0 Å². The molecule has 0 spiro atoms. The van der Waals surface area contributed by atoms with Gasteiger partial charge in [0.25, 0.3) is 11.7 Å². The van der Waals surface area contributed by atoms with E-state index in [2.05, 4.69) is 0 Å². The van der Waals surface area contributed by atoms with E-state index in [-0.39, 0.29) is 23.4 Å². The Balaban J connectivity index is 1.81. The molecule has 1 heterocycles. The highest BCUT2D eigenvalue weighted by atomic mass is 19.1. The summed E-state index contributed by atoms with van der Waals surface area (Å²) in [6, 6.07) is 18.5. The first-order valence-corrected chi connectivity index (χ1v) is 10.8.